The summed E-state index contributed by atoms with van der Waals surface area (Å²) in [6.07, 6.45) is 2.36. The van der Waals surface area contributed by atoms with E-state index in [2.05, 4.69) is 4.98 Å². The molecule has 1 aromatic heterocycles. The molecule has 1 saturated heterocycles. The third-order valence-corrected chi connectivity index (χ3v) is 5.60. The number of carbonyl (C=O) groups is 1. The van der Waals surface area contributed by atoms with Crippen LogP contribution in [0.5, 0.6) is 0 Å². The van der Waals surface area contributed by atoms with Crippen LogP contribution in [-0.2, 0) is 4.74 Å². The van der Waals surface area contributed by atoms with Crippen molar-refractivity contribution >= 4 is 22.6 Å². The third kappa shape index (κ3) is 3.05. The standard InChI is InChI=1S/C20H23F2N3O3/c1-2-28-20(27)14-16(11-3-4-11)24-17-12(19(14)26)7-13(21)18(15(17)22)25-6-5-10(8-23)9-25/h7,10-11H,2-6,8-9,23H2,1H3,(H,24,26). The molecule has 4 rings (SSSR count). The number of benzene rings is 1. The minimum atomic E-state index is -0.817. The molecule has 6 nitrogen and oxygen atoms in total. The average Bonchev–Trinajstić information content (AvgIpc) is 3.40. The van der Waals surface area contributed by atoms with Crippen molar-refractivity contribution in [3.8, 4) is 0 Å². The van der Waals surface area contributed by atoms with Crippen LogP contribution in [0.15, 0.2) is 10.9 Å². The summed E-state index contributed by atoms with van der Waals surface area (Å²) in [5.41, 5.74) is 5.02. The molecule has 0 spiro atoms. The number of aromatic amines is 1. The second kappa shape index (κ2) is 7.16. The first-order chi connectivity index (χ1) is 13.5. The van der Waals surface area contributed by atoms with Gasteiger partial charge in [-0.3, -0.25) is 4.79 Å². The van der Waals surface area contributed by atoms with Crippen LogP contribution < -0.4 is 16.1 Å². The van der Waals surface area contributed by atoms with Gasteiger partial charge < -0.3 is 20.4 Å². The van der Waals surface area contributed by atoms with Crippen LogP contribution in [0.1, 0.15) is 48.2 Å². The lowest BCUT2D eigenvalue weighted by atomic mass is 10.0. The highest BCUT2D eigenvalue weighted by Crippen LogP contribution is 2.41. The second-order valence-corrected chi connectivity index (χ2v) is 7.52. The molecule has 28 heavy (non-hydrogen) atoms. The number of esters is 1. The van der Waals surface area contributed by atoms with E-state index in [0.717, 1.165) is 25.3 Å². The van der Waals surface area contributed by atoms with Gasteiger partial charge in [-0.2, -0.15) is 0 Å². The normalized spacial score (nSPS) is 19.4. The van der Waals surface area contributed by atoms with Crippen molar-refractivity contribution in [3.63, 3.8) is 0 Å². The second-order valence-electron chi connectivity index (χ2n) is 7.52. The van der Waals surface area contributed by atoms with Gasteiger partial charge in [0.25, 0.3) is 0 Å². The highest BCUT2D eigenvalue weighted by atomic mass is 19.1. The summed E-state index contributed by atoms with van der Waals surface area (Å²) in [5, 5.41) is -0.180. The van der Waals surface area contributed by atoms with Gasteiger partial charge in [-0.25, -0.2) is 13.6 Å². The lowest BCUT2D eigenvalue weighted by molar-refractivity contribution is 0.0523. The van der Waals surface area contributed by atoms with Crippen molar-refractivity contribution in [1.29, 1.82) is 0 Å². The van der Waals surface area contributed by atoms with Gasteiger partial charge in [0.2, 0.25) is 5.43 Å². The van der Waals surface area contributed by atoms with Crippen LogP contribution in [0, 0.1) is 17.6 Å². The first-order valence-electron chi connectivity index (χ1n) is 9.66. The van der Waals surface area contributed by atoms with Gasteiger partial charge in [0.1, 0.15) is 17.1 Å². The van der Waals surface area contributed by atoms with Crippen LogP contribution in [0.3, 0.4) is 0 Å². The molecule has 1 aliphatic carbocycles. The minimum absolute atomic E-state index is 0.0159. The van der Waals surface area contributed by atoms with Crippen LogP contribution in [-0.4, -0.2) is 37.2 Å². The van der Waals surface area contributed by atoms with Crippen molar-refractivity contribution in [2.75, 3.05) is 31.1 Å². The predicted molar refractivity (Wildman–Crippen MR) is 102 cm³/mol. The Bertz CT molecular complexity index is 1000. The lowest BCUT2D eigenvalue weighted by Crippen LogP contribution is -2.26. The molecule has 1 saturated carbocycles. The van der Waals surface area contributed by atoms with Gasteiger partial charge in [-0.1, -0.05) is 0 Å². The molecule has 3 N–H and O–H groups in total. The van der Waals surface area contributed by atoms with Gasteiger partial charge in [-0.05, 0) is 44.7 Å². The Morgan fingerprint density at radius 1 is 1.36 bits per heavy atom. The van der Waals surface area contributed by atoms with Crippen LogP contribution in [0.25, 0.3) is 10.9 Å². The van der Waals surface area contributed by atoms with Crippen molar-refractivity contribution < 1.29 is 18.3 Å². The molecule has 1 aromatic carbocycles. The number of halogens is 2. The minimum Gasteiger partial charge on any atom is -0.462 e. The van der Waals surface area contributed by atoms with Gasteiger partial charge in [0.05, 0.1) is 17.5 Å². The van der Waals surface area contributed by atoms with Crippen molar-refractivity contribution in [2.45, 2.75) is 32.1 Å². The number of nitrogens with one attached hydrogen (secondary N) is 1. The van der Waals surface area contributed by atoms with Gasteiger partial charge in [0.15, 0.2) is 5.82 Å². The Balaban J connectivity index is 1.90. The molecular formula is C20H23F2N3O3. The maximum Gasteiger partial charge on any atom is 0.343 e. The molecule has 150 valence electrons. The fourth-order valence-electron chi connectivity index (χ4n) is 3.97. The number of fused-ring (bicyclic) bond motifs is 1. The predicted octanol–water partition coefficient (Wildman–Crippen LogP) is 2.65. The molecule has 0 bridgehead atoms. The number of pyridine rings is 1. The Hall–Kier alpha value is -2.48. The van der Waals surface area contributed by atoms with Gasteiger partial charge in [-0.15, -0.1) is 0 Å². The largest absolute Gasteiger partial charge is 0.462 e. The molecular weight excluding hydrogens is 368 g/mol. The molecule has 1 aliphatic heterocycles. The zero-order valence-corrected chi connectivity index (χ0v) is 15.7. The highest BCUT2D eigenvalue weighted by Gasteiger charge is 2.34. The highest BCUT2D eigenvalue weighted by molar-refractivity contribution is 5.96. The number of aromatic nitrogens is 1. The van der Waals surface area contributed by atoms with Crippen molar-refractivity contribution in [3.05, 3.63) is 39.2 Å². The van der Waals surface area contributed by atoms with E-state index in [1.165, 1.54) is 0 Å². The Morgan fingerprint density at radius 2 is 2.11 bits per heavy atom. The van der Waals surface area contributed by atoms with E-state index in [0.29, 0.717) is 25.3 Å². The smallest absolute Gasteiger partial charge is 0.343 e. The zero-order chi connectivity index (χ0) is 20.0. The summed E-state index contributed by atoms with van der Waals surface area (Å²) >= 11 is 0. The number of hydrogen-bond donors (Lipinski definition) is 2. The molecule has 1 atom stereocenters. The van der Waals surface area contributed by atoms with Crippen molar-refractivity contribution in [2.24, 2.45) is 11.7 Å². The molecule has 8 heteroatoms. The monoisotopic (exact) mass is 391 g/mol. The van der Waals surface area contributed by atoms with E-state index in [4.69, 9.17) is 10.5 Å². The molecule has 2 aromatic rings. The topological polar surface area (TPSA) is 88.4 Å². The van der Waals surface area contributed by atoms with E-state index in [1.54, 1.807) is 11.8 Å². The molecule has 2 fully saturated rings. The average molecular weight is 391 g/mol. The first kappa shape index (κ1) is 18.9. The summed E-state index contributed by atoms with van der Waals surface area (Å²) in [4.78, 5) is 29.8. The molecule has 2 heterocycles. The number of H-pyrrole nitrogens is 1. The quantitative estimate of drug-likeness (QED) is 0.765. The van der Waals surface area contributed by atoms with E-state index in [1.807, 2.05) is 0 Å². The van der Waals surface area contributed by atoms with E-state index in [9.17, 15) is 14.0 Å². The summed E-state index contributed by atoms with van der Waals surface area (Å²) in [6, 6.07) is 1.02. The van der Waals surface area contributed by atoms with E-state index >= 15 is 4.39 Å². The number of hydrogen-bond acceptors (Lipinski definition) is 5. The van der Waals surface area contributed by atoms with Gasteiger partial charge in [0, 0.05) is 24.7 Å². The summed E-state index contributed by atoms with van der Waals surface area (Å²) in [6.45, 7) is 3.18. The van der Waals surface area contributed by atoms with Crippen molar-refractivity contribution in [1.82, 2.24) is 4.98 Å². The maximum atomic E-state index is 15.3. The molecule has 0 radical (unpaired) electrons. The summed E-state index contributed by atoms with van der Waals surface area (Å²) in [5.74, 6) is -2.22. The number of nitrogens with zero attached hydrogens (tertiary/aromatic N) is 1. The number of nitrogens with two attached hydrogens (primary N) is 1. The van der Waals surface area contributed by atoms with Crippen LogP contribution in [0.2, 0.25) is 0 Å². The Kier molecular flexibility index (Phi) is 4.82. The van der Waals surface area contributed by atoms with Crippen LogP contribution >= 0.6 is 0 Å². The van der Waals surface area contributed by atoms with Crippen LogP contribution in [0.4, 0.5) is 14.5 Å². The number of anilines is 1. The summed E-state index contributed by atoms with van der Waals surface area (Å²) in [7, 11) is 0. The summed E-state index contributed by atoms with van der Waals surface area (Å²) < 4.78 is 35.2. The Morgan fingerprint density at radius 3 is 2.71 bits per heavy atom. The molecule has 2 aliphatic rings. The number of carbonyl (C=O) groups excluding carboxylic acids is 1. The maximum absolute atomic E-state index is 15.3. The number of rotatable bonds is 5. The Labute approximate surface area is 160 Å². The number of ether oxygens (including phenoxy) is 1. The molecule has 1 unspecified atom stereocenters. The van der Waals surface area contributed by atoms with E-state index < -0.39 is 23.0 Å². The zero-order valence-electron chi connectivity index (χ0n) is 15.7. The lowest BCUT2D eigenvalue weighted by Gasteiger charge is -2.21. The van der Waals surface area contributed by atoms with E-state index in [-0.39, 0.29) is 40.6 Å². The first-order valence-corrected chi connectivity index (χ1v) is 9.66. The fraction of sp³-hybridized carbons (Fsp3) is 0.500. The fourth-order valence-corrected chi connectivity index (χ4v) is 3.97. The van der Waals surface area contributed by atoms with Gasteiger partial charge >= 0.3 is 5.97 Å². The SMILES string of the molecule is CCOC(=O)c1c(C2CC2)[nH]c2c(F)c(N3CCC(CN)C3)c(F)cc2c1=O. The molecule has 0 amide bonds. The third-order valence-electron chi connectivity index (χ3n) is 5.60.